The van der Waals surface area contributed by atoms with Gasteiger partial charge in [0.25, 0.3) is 5.91 Å². The van der Waals surface area contributed by atoms with E-state index in [0.29, 0.717) is 44.2 Å². The van der Waals surface area contributed by atoms with Gasteiger partial charge in [-0.25, -0.2) is 0 Å². The standard InChI is InChI=1S/C17H26N2O4/c1-3-23-13-15(20)12-18-7-9-19(10-8-18)17(21)14-5-4-6-16(11-14)22-2/h4-6,11,15,20H,3,7-10,12-13H2,1-2H3/t15-/m1/s1. The first kappa shape index (κ1) is 17.7. The van der Waals surface area contributed by atoms with Crippen molar-refractivity contribution in [3.63, 3.8) is 0 Å². The first-order chi connectivity index (χ1) is 11.1. The van der Waals surface area contributed by atoms with Crippen molar-refractivity contribution in [1.82, 2.24) is 9.80 Å². The van der Waals surface area contributed by atoms with E-state index in [2.05, 4.69) is 4.90 Å². The zero-order valence-electron chi connectivity index (χ0n) is 13.9. The molecule has 1 saturated heterocycles. The van der Waals surface area contributed by atoms with Gasteiger partial charge in [-0.05, 0) is 25.1 Å². The molecular weight excluding hydrogens is 296 g/mol. The molecular formula is C17H26N2O4. The second-order valence-corrected chi connectivity index (χ2v) is 5.64. The molecule has 23 heavy (non-hydrogen) atoms. The number of aliphatic hydroxyl groups is 1. The summed E-state index contributed by atoms with van der Waals surface area (Å²) < 4.78 is 10.4. The monoisotopic (exact) mass is 322 g/mol. The molecule has 1 aliphatic heterocycles. The van der Waals surface area contributed by atoms with Crippen LogP contribution in [0.2, 0.25) is 0 Å². The number of nitrogens with zero attached hydrogens (tertiary/aromatic N) is 2. The van der Waals surface area contributed by atoms with E-state index in [0.717, 1.165) is 13.1 Å². The number of hydrogen-bond acceptors (Lipinski definition) is 5. The molecule has 0 bridgehead atoms. The predicted octanol–water partition coefficient (Wildman–Crippen LogP) is 0.850. The lowest BCUT2D eigenvalue weighted by molar-refractivity contribution is 0.0111. The molecule has 1 N–H and O–H groups in total. The number of aliphatic hydroxyl groups excluding tert-OH is 1. The second kappa shape index (κ2) is 8.86. The molecule has 128 valence electrons. The number of carbonyl (C=O) groups is 1. The molecule has 1 heterocycles. The maximum absolute atomic E-state index is 12.5. The summed E-state index contributed by atoms with van der Waals surface area (Å²) in [6.45, 7) is 6.32. The van der Waals surface area contributed by atoms with Crippen molar-refractivity contribution < 1.29 is 19.4 Å². The average Bonchev–Trinajstić information content (AvgIpc) is 2.60. The van der Waals surface area contributed by atoms with Crippen LogP contribution >= 0.6 is 0 Å². The van der Waals surface area contributed by atoms with Crippen LogP contribution in [0.25, 0.3) is 0 Å². The first-order valence-electron chi connectivity index (χ1n) is 8.05. The van der Waals surface area contributed by atoms with Gasteiger partial charge in [0.2, 0.25) is 0 Å². The van der Waals surface area contributed by atoms with Crippen molar-refractivity contribution in [3.8, 4) is 5.75 Å². The molecule has 0 aliphatic carbocycles. The molecule has 1 amide bonds. The lowest BCUT2D eigenvalue weighted by Crippen LogP contribution is -2.50. The summed E-state index contributed by atoms with van der Waals surface area (Å²) >= 11 is 0. The van der Waals surface area contributed by atoms with E-state index in [4.69, 9.17) is 9.47 Å². The molecule has 6 nitrogen and oxygen atoms in total. The Morgan fingerprint density at radius 1 is 1.30 bits per heavy atom. The zero-order chi connectivity index (χ0) is 16.7. The molecule has 0 saturated carbocycles. The third-order valence-electron chi connectivity index (χ3n) is 3.96. The zero-order valence-corrected chi connectivity index (χ0v) is 13.9. The molecule has 0 unspecified atom stereocenters. The van der Waals surface area contributed by atoms with Gasteiger partial charge in [-0.1, -0.05) is 6.07 Å². The number of rotatable bonds is 7. The number of ether oxygens (including phenoxy) is 2. The SMILES string of the molecule is CCOC[C@H](O)CN1CCN(C(=O)c2cccc(OC)c2)CC1. The third-order valence-corrected chi connectivity index (χ3v) is 3.96. The van der Waals surface area contributed by atoms with Gasteiger partial charge in [0, 0.05) is 44.9 Å². The van der Waals surface area contributed by atoms with Gasteiger partial charge in [0.05, 0.1) is 19.8 Å². The summed E-state index contributed by atoms with van der Waals surface area (Å²) in [5.74, 6) is 0.715. The van der Waals surface area contributed by atoms with Crippen LogP contribution in [0.15, 0.2) is 24.3 Å². The van der Waals surface area contributed by atoms with E-state index in [9.17, 15) is 9.90 Å². The Hall–Kier alpha value is -1.63. The summed E-state index contributed by atoms with van der Waals surface area (Å²) in [6, 6.07) is 7.23. The topological polar surface area (TPSA) is 62.2 Å². The van der Waals surface area contributed by atoms with Crippen molar-refractivity contribution in [3.05, 3.63) is 29.8 Å². The van der Waals surface area contributed by atoms with E-state index >= 15 is 0 Å². The largest absolute Gasteiger partial charge is 0.497 e. The Kier molecular flexibility index (Phi) is 6.83. The van der Waals surface area contributed by atoms with Crippen molar-refractivity contribution in [2.75, 3.05) is 53.0 Å². The number of hydrogen-bond donors (Lipinski definition) is 1. The van der Waals surface area contributed by atoms with E-state index in [1.54, 1.807) is 13.2 Å². The average molecular weight is 322 g/mol. The number of methoxy groups -OCH3 is 1. The van der Waals surface area contributed by atoms with Crippen molar-refractivity contribution in [2.45, 2.75) is 13.0 Å². The Bertz CT molecular complexity index is 501. The Morgan fingerprint density at radius 2 is 2.04 bits per heavy atom. The van der Waals surface area contributed by atoms with Crippen LogP contribution in [0.5, 0.6) is 5.75 Å². The molecule has 0 radical (unpaired) electrons. The lowest BCUT2D eigenvalue weighted by Gasteiger charge is -2.35. The van der Waals surface area contributed by atoms with Gasteiger partial charge < -0.3 is 19.5 Å². The minimum atomic E-state index is -0.476. The molecule has 6 heteroatoms. The van der Waals surface area contributed by atoms with Gasteiger partial charge in [0.15, 0.2) is 0 Å². The molecule has 2 rings (SSSR count). The summed E-state index contributed by atoms with van der Waals surface area (Å²) in [7, 11) is 1.59. The summed E-state index contributed by atoms with van der Waals surface area (Å²) in [6.07, 6.45) is -0.476. The van der Waals surface area contributed by atoms with Crippen molar-refractivity contribution in [2.24, 2.45) is 0 Å². The van der Waals surface area contributed by atoms with Crippen LogP contribution in [0.4, 0.5) is 0 Å². The number of benzene rings is 1. The molecule has 1 aromatic carbocycles. The minimum absolute atomic E-state index is 0.0263. The van der Waals surface area contributed by atoms with E-state index in [-0.39, 0.29) is 5.91 Å². The number of piperazine rings is 1. The highest BCUT2D eigenvalue weighted by atomic mass is 16.5. The molecule has 0 spiro atoms. The Labute approximate surface area is 137 Å². The Balaban J connectivity index is 1.82. The normalized spacial score (nSPS) is 17.1. The molecule has 0 aromatic heterocycles. The summed E-state index contributed by atoms with van der Waals surface area (Å²) in [5.41, 5.74) is 0.647. The van der Waals surface area contributed by atoms with Gasteiger partial charge in [-0.15, -0.1) is 0 Å². The highest BCUT2D eigenvalue weighted by molar-refractivity contribution is 5.94. The van der Waals surface area contributed by atoms with Crippen LogP contribution in [0.1, 0.15) is 17.3 Å². The second-order valence-electron chi connectivity index (χ2n) is 5.64. The maximum Gasteiger partial charge on any atom is 0.254 e. The summed E-state index contributed by atoms with van der Waals surface area (Å²) in [4.78, 5) is 16.5. The third kappa shape index (κ3) is 5.20. The number of β-amino-alcohol motifs (C(OH)–C–C–N with tert-alkyl or cyclic N) is 1. The van der Waals surface area contributed by atoms with Crippen LogP contribution in [-0.4, -0.2) is 80.0 Å². The molecule has 1 atom stereocenters. The van der Waals surface area contributed by atoms with Gasteiger partial charge in [-0.2, -0.15) is 0 Å². The van der Waals surface area contributed by atoms with Gasteiger partial charge >= 0.3 is 0 Å². The van der Waals surface area contributed by atoms with Crippen LogP contribution in [0.3, 0.4) is 0 Å². The molecule has 1 aromatic rings. The van der Waals surface area contributed by atoms with Crippen LogP contribution in [0, 0.1) is 0 Å². The quantitative estimate of drug-likeness (QED) is 0.806. The fourth-order valence-corrected chi connectivity index (χ4v) is 2.68. The lowest BCUT2D eigenvalue weighted by atomic mass is 10.1. The highest BCUT2D eigenvalue weighted by Crippen LogP contribution is 2.15. The molecule has 1 fully saturated rings. The van der Waals surface area contributed by atoms with Crippen molar-refractivity contribution >= 4 is 5.91 Å². The van der Waals surface area contributed by atoms with E-state index < -0.39 is 6.10 Å². The van der Waals surface area contributed by atoms with Gasteiger partial charge in [-0.3, -0.25) is 9.69 Å². The van der Waals surface area contributed by atoms with E-state index in [1.807, 2.05) is 30.0 Å². The van der Waals surface area contributed by atoms with E-state index in [1.165, 1.54) is 0 Å². The fraction of sp³-hybridized carbons (Fsp3) is 0.588. The first-order valence-corrected chi connectivity index (χ1v) is 8.05. The Morgan fingerprint density at radius 3 is 2.70 bits per heavy atom. The predicted molar refractivity (Wildman–Crippen MR) is 87.8 cm³/mol. The summed E-state index contributed by atoms with van der Waals surface area (Å²) in [5, 5.41) is 9.88. The minimum Gasteiger partial charge on any atom is -0.497 e. The van der Waals surface area contributed by atoms with Crippen LogP contribution in [-0.2, 0) is 4.74 Å². The maximum atomic E-state index is 12.5. The molecule has 1 aliphatic rings. The fourth-order valence-electron chi connectivity index (χ4n) is 2.68. The highest BCUT2D eigenvalue weighted by Gasteiger charge is 2.23. The van der Waals surface area contributed by atoms with Crippen molar-refractivity contribution in [1.29, 1.82) is 0 Å². The van der Waals surface area contributed by atoms with Gasteiger partial charge in [0.1, 0.15) is 5.75 Å². The number of carbonyl (C=O) groups excluding carboxylic acids is 1. The number of amides is 1. The van der Waals surface area contributed by atoms with Crippen LogP contribution < -0.4 is 4.74 Å². The smallest absolute Gasteiger partial charge is 0.254 e.